The highest BCUT2D eigenvalue weighted by Gasteiger charge is 2.26. The third kappa shape index (κ3) is 4.79. The smallest absolute Gasteiger partial charge is 0.325 e. The van der Waals surface area contributed by atoms with Gasteiger partial charge in [-0.3, -0.25) is 20.2 Å². The number of aliphatic carboxylic acids is 2. The SMILES string of the molecule is Cc1cccc(O)c1C(NCCNC(C(=O)O)c1c(C)cccc1O)C(=O)O. The number of hydrogen-bond acceptors (Lipinski definition) is 6. The number of benzene rings is 2. The Morgan fingerprint density at radius 3 is 1.43 bits per heavy atom. The van der Waals surface area contributed by atoms with E-state index in [2.05, 4.69) is 10.6 Å². The number of carboxylic acids is 2. The lowest BCUT2D eigenvalue weighted by molar-refractivity contribution is -0.141. The van der Waals surface area contributed by atoms with E-state index in [0.717, 1.165) is 0 Å². The van der Waals surface area contributed by atoms with Gasteiger partial charge >= 0.3 is 11.9 Å². The zero-order valence-electron chi connectivity index (χ0n) is 15.6. The summed E-state index contributed by atoms with van der Waals surface area (Å²) in [5.74, 6) is -2.56. The Kier molecular flexibility index (Phi) is 6.97. The summed E-state index contributed by atoms with van der Waals surface area (Å²) in [4.78, 5) is 23.3. The van der Waals surface area contributed by atoms with Crippen LogP contribution < -0.4 is 10.6 Å². The maximum absolute atomic E-state index is 11.6. The van der Waals surface area contributed by atoms with Crippen molar-refractivity contribution in [3.8, 4) is 11.5 Å². The first kappa shape index (κ1) is 21.2. The molecule has 0 radical (unpaired) electrons. The van der Waals surface area contributed by atoms with Crippen LogP contribution in [0.5, 0.6) is 11.5 Å². The van der Waals surface area contributed by atoms with Gasteiger partial charge in [0.25, 0.3) is 0 Å². The predicted octanol–water partition coefficient (Wildman–Crippen LogP) is 1.85. The molecule has 2 rings (SSSR count). The predicted molar refractivity (Wildman–Crippen MR) is 102 cm³/mol. The van der Waals surface area contributed by atoms with Crippen LogP contribution in [0.3, 0.4) is 0 Å². The molecule has 0 saturated heterocycles. The monoisotopic (exact) mass is 388 g/mol. The minimum Gasteiger partial charge on any atom is -0.508 e. The van der Waals surface area contributed by atoms with Crippen molar-refractivity contribution in [2.24, 2.45) is 0 Å². The van der Waals surface area contributed by atoms with Gasteiger partial charge in [0.1, 0.15) is 23.6 Å². The highest BCUT2D eigenvalue weighted by molar-refractivity contribution is 5.78. The van der Waals surface area contributed by atoms with Crippen molar-refractivity contribution in [2.75, 3.05) is 13.1 Å². The van der Waals surface area contributed by atoms with Crippen molar-refractivity contribution in [2.45, 2.75) is 25.9 Å². The average Bonchev–Trinajstić information content (AvgIpc) is 2.60. The number of aryl methyl sites for hydroxylation is 2. The van der Waals surface area contributed by atoms with Gasteiger partial charge in [0.05, 0.1) is 0 Å². The van der Waals surface area contributed by atoms with Gasteiger partial charge in [-0.1, -0.05) is 24.3 Å². The summed E-state index contributed by atoms with van der Waals surface area (Å²) in [6.07, 6.45) is 0. The standard InChI is InChI=1S/C20H24N2O6/c1-11-5-3-7-13(23)15(11)17(19(25)26)21-9-10-22-18(20(27)28)16-12(2)6-4-8-14(16)24/h3-8,17-18,21-24H,9-10H2,1-2H3,(H,25,26)(H,27,28). The normalized spacial score (nSPS) is 13.1. The Labute approximate surface area is 162 Å². The summed E-state index contributed by atoms with van der Waals surface area (Å²) in [7, 11) is 0. The van der Waals surface area contributed by atoms with E-state index in [1.165, 1.54) is 12.1 Å². The summed E-state index contributed by atoms with van der Waals surface area (Å²) < 4.78 is 0. The molecule has 2 aromatic rings. The Morgan fingerprint density at radius 1 is 0.786 bits per heavy atom. The second kappa shape index (κ2) is 9.20. The number of hydrogen-bond donors (Lipinski definition) is 6. The van der Waals surface area contributed by atoms with Crippen LogP contribution in [-0.4, -0.2) is 45.5 Å². The maximum Gasteiger partial charge on any atom is 0.325 e. The van der Waals surface area contributed by atoms with Crippen LogP contribution in [0.15, 0.2) is 36.4 Å². The summed E-state index contributed by atoms with van der Waals surface area (Å²) >= 11 is 0. The van der Waals surface area contributed by atoms with E-state index < -0.39 is 24.0 Å². The molecule has 2 atom stereocenters. The van der Waals surface area contributed by atoms with Crippen LogP contribution in [-0.2, 0) is 9.59 Å². The lowest BCUT2D eigenvalue weighted by Crippen LogP contribution is -2.38. The van der Waals surface area contributed by atoms with Gasteiger partial charge in [0.2, 0.25) is 0 Å². The minimum absolute atomic E-state index is 0.124. The lowest BCUT2D eigenvalue weighted by atomic mass is 9.99. The van der Waals surface area contributed by atoms with Gasteiger partial charge in [0.15, 0.2) is 0 Å². The molecule has 150 valence electrons. The Bertz CT molecular complexity index is 756. The van der Waals surface area contributed by atoms with Gasteiger partial charge in [-0.2, -0.15) is 0 Å². The van der Waals surface area contributed by atoms with E-state index in [-0.39, 0.29) is 35.7 Å². The molecule has 8 nitrogen and oxygen atoms in total. The van der Waals surface area contributed by atoms with Gasteiger partial charge in [0, 0.05) is 24.2 Å². The topological polar surface area (TPSA) is 139 Å². The van der Waals surface area contributed by atoms with Crippen molar-refractivity contribution in [1.82, 2.24) is 10.6 Å². The Hall–Kier alpha value is -3.10. The number of phenolic OH excluding ortho intramolecular Hbond substituents is 2. The molecule has 6 N–H and O–H groups in total. The van der Waals surface area contributed by atoms with Crippen LogP contribution in [0, 0.1) is 13.8 Å². The number of phenols is 2. The summed E-state index contributed by atoms with van der Waals surface area (Å²) in [6.45, 7) is 3.65. The second-order valence-corrected chi connectivity index (χ2v) is 6.47. The van der Waals surface area contributed by atoms with E-state index in [9.17, 15) is 30.0 Å². The largest absolute Gasteiger partial charge is 0.508 e. The number of carbonyl (C=O) groups is 2. The van der Waals surface area contributed by atoms with Crippen molar-refractivity contribution >= 4 is 11.9 Å². The molecule has 0 spiro atoms. The van der Waals surface area contributed by atoms with Crippen molar-refractivity contribution in [1.29, 1.82) is 0 Å². The van der Waals surface area contributed by atoms with Gasteiger partial charge < -0.3 is 20.4 Å². The first-order chi connectivity index (χ1) is 13.2. The second-order valence-electron chi connectivity index (χ2n) is 6.47. The Morgan fingerprint density at radius 2 is 1.14 bits per heavy atom. The summed E-state index contributed by atoms with van der Waals surface area (Å²) in [5, 5.41) is 44.7. The fourth-order valence-corrected chi connectivity index (χ4v) is 3.14. The lowest BCUT2D eigenvalue weighted by Gasteiger charge is -2.21. The van der Waals surface area contributed by atoms with E-state index in [4.69, 9.17) is 0 Å². The third-order valence-electron chi connectivity index (χ3n) is 4.50. The van der Waals surface area contributed by atoms with Crippen molar-refractivity contribution < 1.29 is 30.0 Å². The molecule has 28 heavy (non-hydrogen) atoms. The van der Waals surface area contributed by atoms with Gasteiger partial charge in [-0.05, 0) is 37.1 Å². The molecule has 2 aromatic carbocycles. The number of nitrogens with one attached hydrogen (secondary N) is 2. The molecule has 0 aliphatic heterocycles. The highest BCUT2D eigenvalue weighted by Crippen LogP contribution is 2.29. The van der Waals surface area contributed by atoms with Crippen LogP contribution in [0.1, 0.15) is 34.3 Å². The van der Waals surface area contributed by atoms with E-state index in [1.54, 1.807) is 38.1 Å². The van der Waals surface area contributed by atoms with Gasteiger partial charge in [-0.15, -0.1) is 0 Å². The van der Waals surface area contributed by atoms with Crippen molar-refractivity contribution in [3.63, 3.8) is 0 Å². The fraction of sp³-hybridized carbons (Fsp3) is 0.300. The van der Waals surface area contributed by atoms with E-state index in [0.29, 0.717) is 11.1 Å². The zero-order valence-corrected chi connectivity index (χ0v) is 15.6. The van der Waals surface area contributed by atoms with Crippen LogP contribution in [0.4, 0.5) is 0 Å². The number of carboxylic acid groups (broad SMARTS) is 2. The van der Waals surface area contributed by atoms with Crippen LogP contribution in [0.25, 0.3) is 0 Å². The molecule has 0 aliphatic rings. The molecule has 8 heteroatoms. The third-order valence-corrected chi connectivity index (χ3v) is 4.50. The minimum atomic E-state index is -1.16. The van der Waals surface area contributed by atoms with E-state index in [1.807, 2.05) is 0 Å². The number of rotatable bonds is 9. The maximum atomic E-state index is 11.6. The molecule has 0 bridgehead atoms. The average molecular weight is 388 g/mol. The molecule has 0 fully saturated rings. The van der Waals surface area contributed by atoms with Crippen molar-refractivity contribution in [3.05, 3.63) is 58.7 Å². The quantitative estimate of drug-likeness (QED) is 0.358. The van der Waals surface area contributed by atoms with Crippen LogP contribution in [0.2, 0.25) is 0 Å². The molecule has 0 heterocycles. The molecule has 0 aromatic heterocycles. The molecule has 0 aliphatic carbocycles. The molecular formula is C20H24N2O6. The molecule has 0 saturated carbocycles. The first-order valence-electron chi connectivity index (χ1n) is 8.73. The van der Waals surface area contributed by atoms with Crippen LogP contribution >= 0.6 is 0 Å². The summed E-state index contributed by atoms with van der Waals surface area (Å²) in [5.41, 5.74) is 1.78. The highest BCUT2D eigenvalue weighted by atomic mass is 16.4. The fourth-order valence-electron chi connectivity index (χ4n) is 3.14. The molecule has 2 unspecified atom stereocenters. The molecule has 0 amide bonds. The zero-order chi connectivity index (χ0) is 20.8. The Balaban J connectivity index is 2.08. The number of aromatic hydroxyl groups is 2. The first-order valence-corrected chi connectivity index (χ1v) is 8.73. The molecular weight excluding hydrogens is 364 g/mol. The van der Waals surface area contributed by atoms with Gasteiger partial charge in [-0.25, -0.2) is 0 Å². The summed E-state index contributed by atoms with van der Waals surface area (Å²) in [6, 6.07) is 7.20. The van der Waals surface area contributed by atoms with E-state index >= 15 is 0 Å².